The molecule has 4 nitrogen and oxygen atoms in total. The van der Waals surface area contributed by atoms with Crippen LogP contribution in [0.25, 0.3) is 0 Å². The molecule has 0 aromatic heterocycles. The van der Waals surface area contributed by atoms with Gasteiger partial charge in [0.25, 0.3) is 0 Å². The monoisotopic (exact) mass is 232 g/mol. The molecule has 0 atom stereocenters. The van der Waals surface area contributed by atoms with Crippen LogP contribution in [0.1, 0.15) is 5.56 Å². The maximum absolute atomic E-state index is 11.2. The molecular formula is C13H16N2O2. The third-order valence-corrected chi connectivity index (χ3v) is 1.94. The van der Waals surface area contributed by atoms with Crippen LogP contribution in [0.15, 0.2) is 30.3 Å². The minimum absolute atomic E-state index is 0.232. The van der Waals surface area contributed by atoms with Crippen LogP contribution in [0.2, 0.25) is 0 Å². The Morgan fingerprint density at radius 1 is 1.29 bits per heavy atom. The van der Waals surface area contributed by atoms with Crippen LogP contribution >= 0.6 is 0 Å². The zero-order valence-corrected chi connectivity index (χ0v) is 9.82. The van der Waals surface area contributed by atoms with E-state index >= 15 is 0 Å². The number of amides is 2. The van der Waals surface area contributed by atoms with E-state index in [1.165, 1.54) is 0 Å². The van der Waals surface area contributed by atoms with Gasteiger partial charge in [-0.3, -0.25) is 0 Å². The van der Waals surface area contributed by atoms with Crippen molar-refractivity contribution in [1.29, 1.82) is 0 Å². The van der Waals surface area contributed by atoms with Crippen molar-refractivity contribution in [2.75, 3.05) is 26.8 Å². The van der Waals surface area contributed by atoms with Crippen LogP contribution in [-0.2, 0) is 4.74 Å². The molecule has 0 unspecified atom stereocenters. The Bertz CT molecular complexity index is 393. The number of rotatable bonds is 4. The third-order valence-electron chi connectivity index (χ3n) is 1.94. The van der Waals surface area contributed by atoms with Gasteiger partial charge in [0.1, 0.15) is 0 Å². The largest absolute Gasteiger partial charge is 0.383 e. The van der Waals surface area contributed by atoms with E-state index in [4.69, 9.17) is 4.74 Å². The van der Waals surface area contributed by atoms with E-state index < -0.39 is 0 Å². The average molecular weight is 232 g/mol. The highest BCUT2D eigenvalue weighted by Crippen LogP contribution is 1.93. The lowest BCUT2D eigenvalue weighted by atomic mass is 10.2. The lowest BCUT2D eigenvalue weighted by Gasteiger charge is -2.03. The number of urea groups is 1. The molecule has 0 aliphatic rings. The molecule has 2 amide bonds. The summed E-state index contributed by atoms with van der Waals surface area (Å²) in [5, 5.41) is 5.27. The predicted molar refractivity (Wildman–Crippen MR) is 66.6 cm³/mol. The van der Waals surface area contributed by atoms with Crippen LogP contribution in [-0.4, -0.2) is 32.8 Å². The van der Waals surface area contributed by atoms with Gasteiger partial charge in [-0.05, 0) is 12.1 Å². The summed E-state index contributed by atoms with van der Waals surface area (Å²) in [7, 11) is 1.59. The number of hydrogen-bond acceptors (Lipinski definition) is 2. The summed E-state index contributed by atoms with van der Waals surface area (Å²) in [6.07, 6.45) is 0. The van der Waals surface area contributed by atoms with Gasteiger partial charge in [-0.15, -0.1) is 0 Å². The van der Waals surface area contributed by atoms with Gasteiger partial charge in [0.15, 0.2) is 0 Å². The van der Waals surface area contributed by atoms with Gasteiger partial charge in [-0.2, -0.15) is 0 Å². The normalized spacial score (nSPS) is 9.00. The zero-order valence-electron chi connectivity index (χ0n) is 9.82. The van der Waals surface area contributed by atoms with Crippen molar-refractivity contribution in [3.63, 3.8) is 0 Å². The van der Waals surface area contributed by atoms with Crippen molar-refractivity contribution in [3.8, 4) is 11.8 Å². The molecule has 0 bridgehead atoms. The molecule has 0 heterocycles. The first kappa shape index (κ1) is 13.1. The maximum Gasteiger partial charge on any atom is 0.315 e. The fraction of sp³-hybridized carbons (Fsp3) is 0.308. The second kappa shape index (κ2) is 8.20. The standard InChI is InChI=1S/C13H16N2O2/c1-17-11-10-15-13(16)14-9-5-8-12-6-3-2-4-7-12/h2-4,6-7H,9-11H2,1H3,(H2,14,15,16). The molecule has 4 heteroatoms. The van der Waals surface area contributed by atoms with Gasteiger partial charge in [0.2, 0.25) is 0 Å². The highest BCUT2D eigenvalue weighted by Gasteiger charge is 1.95. The van der Waals surface area contributed by atoms with Crippen LogP contribution in [0.5, 0.6) is 0 Å². The van der Waals surface area contributed by atoms with Crippen LogP contribution < -0.4 is 10.6 Å². The van der Waals surface area contributed by atoms with E-state index in [1.54, 1.807) is 7.11 Å². The molecule has 0 saturated carbocycles. The Balaban J connectivity index is 2.19. The van der Waals surface area contributed by atoms with Gasteiger partial charge in [-0.25, -0.2) is 4.79 Å². The number of carbonyl (C=O) groups excluding carboxylic acids is 1. The zero-order chi connectivity index (χ0) is 12.3. The summed E-state index contributed by atoms with van der Waals surface area (Å²) < 4.78 is 4.81. The third kappa shape index (κ3) is 6.23. The first-order chi connectivity index (χ1) is 8.33. The van der Waals surface area contributed by atoms with Crippen molar-refractivity contribution < 1.29 is 9.53 Å². The van der Waals surface area contributed by atoms with Gasteiger partial charge in [0.05, 0.1) is 13.2 Å². The van der Waals surface area contributed by atoms with Gasteiger partial charge in [-0.1, -0.05) is 30.0 Å². The average Bonchev–Trinajstić information content (AvgIpc) is 2.36. The summed E-state index contributed by atoms with van der Waals surface area (Å²) >= 11 is 0. The van der Waals surface area contributed by atoms with E-state index in [0.29, 0.717) is 19.7 Å². The highest BCUT2D eigenvalue weighted by molar-refractivity contribution is 5.74. The van der Waals surface area contributed by atoms with Crippen LogP contribution in [0.4, 0.5) is 4.79 Å². The second-order valence-corrected chi connectivity index (χ2v) is 3.27. The highest BCUT2D eigenvalue weighted by atomic mass is 16.5. The Kier molecular flexibility index (Phi) is 6.30. The van der Waals surface area contributed by atoms with Crippen LogP contribution in [0.3, 0.4) is 0 Å². The van der Waals surface area contributed by atoms with E-state index in [9.17, 15) is 4.79 Å². The first-order valence-corrected chi connectivity index (χ1v) is 5.37. The number of nitrogens with one attached hydrogen (secondary N) is 2. The van der Waals surface area contributed by atoms with E-state index in [1.807, 2.05) is 30.3 Å². The molecule has 0 fully saturated rings. The molecular weight excluding hydrogens is 216 g/mol. The topological polar surface area (TPSA) is 50.4 Å². The van der Waals surface area contributed by atoms with E-state index in [0.717, 1.165) is 5.56 Å². The Labute approximate surface area is 101 Å². The number of ether oxygens (including phenoxy) is 1. The van der Waals surface area contributed by atoms with Crippen molar-refractivity contribution in [1.82, 2.24) is 10.6 Å². The fourth-order valence-corrected chi connectivity index (χ4v) is 1.12. The summed E-state index contributed by atoms with van der Waals surface area (Å²) in [5.41, 5.74) is 0.939. The molecule has 1 aromatic carbocycles. The molecule has 90 valence electrons. The van der Waals surface area contributed by atoms with Gasteiger partial charge >= 0.3 is 6.03 Å². The SMILES string of the molecule is COCCNC(=O)NCC#Cc1ccccc1. The van der Waals surface area contributed by atoms with Gasteiger partial charge < -0.3 is 15.4 Å². The number of carbonyl (C=O) groups is 1. The molecule has 1 rings (SSSR count). The second-order valence-electron chi connectivity index (χ2n) is 3.27. The van der Waals surface area contributed by atoms with E-state index in [-0.39, 0.29) is 6.03 Å². The molecule has 0 aliphatic carbocycles. The van der Waals surface area contributed by atoms with Gasteiger partial charge in [0, 0.05) is 19.2 Å². The maximum atomic E-state index is 11.2. The minimum atomic E-state index is -0.232. The van der Waals surface area contributed by atoms with Crippen molar-refractivity contribution in [2.45, 2.75) is 0 Å². The molecule has 2 N–H and O–H groups in total. The van der Waals surface area contributed by atoms with Crippen molar-refractivity contribution in [2.24, 2.45) is 0 Å². The van der Waals surface area contributed by atoms with Crippen LogP contribution in [0, 0.1) is 11.8 Å². The molecule has 0 saturated heterocycles. The number of benzene rings is 1. The lowest BCUT2D eigenvalue weighted by molar-refractivity contribution is 0.196. The van der Waals surface area contributed by atoms with Crippen molar-refractivity contribution >= 4 is 6.03 Å². The molecule has 0 radical (unpaired) electrons. The molecule has 0 aliphatic heterocycles. The molecule has 1 aromatic rings. The summed E-state index contributed by atoms with van der Waals surface area (Å²) in [6, 6.07) is 9.40. The Hall–Kier alpha value is -1.99. The smallest absolute Gasteiger partial charge is 0.315 e. The minimum Gasteiger partial charge on any atom is -0.383 e. The summed E-state index contributed by atoms with van der Waals surface area (Å²) in [5.74, 6) is 5.82. The quantitative estimate of drug-likeness (QED) is 0.600. The predicted octanol–water partition coefficient (Wildman–Crippen LogP) is 0.984. The summed E-state index contributed by atoms with van der Waals surface area (Å²) in [6.45, 7) is 1.32. The Morgan fingerprint density at radius 2 is 2.06 bits per heavy atom. The molecule has 17 heavy (non-hydrogen) atoms. The number of methoxy groups -OCH3 is 1. The first-order valence-electron chi connectivity index (χ1n) is 5.37. The van der Waals surface area contributed by atoms with E-state index in [2.05, 4.69) is 22.5 Å². The Morgan fingerprint density at radius 3 is 2.76 bits per heavy atom. The molecule has 0 spiro atoms. The van der Waals surface area contributed by atoms with Crippen molar-refractivity contribution in [3.05, 3.63) is 35.9 Å². The lowest BCUT2D eigenvalue weighted by Crippen LogP contribution is -2.37. The summed E-state index contributed by atoms with van der Waals surface area (Å²) in [4.78, 5) is 11.2. The number of hydrogen-bond donors (Lipinski definition) is 2. The fourth-order valence-electron chi connectivity index (χ4n) is 1.12.